The van der Waals surface area contributed by atoms with E-state index in [0.717, 1.165) is 0 Å². The number of benzene rings is 2. The highest BCUT2D eigenvalue weighted by molar-refractivity contribution is 6.00. The third-order valence-electron chi connectivity index (χ3n) is 3.63. The molecule has 128 valence electrons. The number of hydrogen-bond donors (Lipinski definition) is 2. The lowest BCUT2D eigenvalue weighted by atomic mass is 10.1. The lowest BCUT2D eigenvalue weighted by molar-refractivity contribution is 0.0515. The molecule has 0 atom stereocenters. The van der Waals surface area contributed by atoms with Crippen molar-refractivity contribution in [1.29, 1.82) is 0 Å². The van der Waals surface area contributed by atoms with Gasteiger partial charge in [0.1, 0.15) is 11.5 Å². The summed E-state index contributed by atoms with van der Waals surface area (Å²) < 4.78 is 10.7. The molecule has 1 heterocycles. The maximum absolute atomic E-state index is 11.9. The summed E-state index contributed by atoms with van der Waals surface area (Å²) in [6.07, 6.45) is 0. The highest BCUT2D eigenvalue weighted by Gasteiger charge is 2.20. The minimum atomic E-state index is -0.735. The van der Waals surface area contributed by atoms with Crippen molar-refractivity contribution in [2.75, 3.05) is 6.61 Å². The van der Waals surface area contributed by atoms with Gasteiger partial charge in [-0.1, -0.05) is 18.2 Å². The Morgan fingerprint density at radius 2 is 1.84 bits per heavy atom. The molecule has 2 N–H and O–H groups in total. The molecule has 3 rings (SSSR count). The number of pyridine rings is 1. The molecule has 25 heavy (non-hydrogen) atoms. The van der Waals surface area contributed by atoms with E-state index in [4.69, 9.17) is 9.47 Å². The second-order valence-corrected chi connectivity index (χ2v) is 5.26. The van der Waals surface area contributed by atoms with Crippen LogP contribution in [0.1, 0.15) is 23.1 Å². The predicted molar refractivity (Wildman–Crippen MR) is 91.8 cm³/mol. The third-order valence-corrected chi connectivity index (χ3v) is 3.63. The van der Waals surface area contributed by atoms with Crippen LogP contribution in [0.2, 0.25) is 0 Å². The predicted octanol–water partition coefficient (Wildman–Crippen LogP) is 3.40. The van der Waals surface area contributed by atoms with Gasteiger partial charge in [0, 0.05) is 10.8 Å². The molecule has 0 aliphatic heterocycles. The molecule has 0 unspecified atom stereocenters. The molecule has 0 radical (unpaired) electrons. The van der Waals surface area contributed by atoms with Gasteiger partial charge in [-0.15, -0.1) is 0 Å². The SMILES string of the molecule is CCOC(=O)c1nc(CO)c2cc(Oc3ccccc3)ccc2c1O. The van der Waals surface area contributed by atoms with Crippen molar-refractivity contribution >= 4 is 16.7 Å². The zero-order chi connectivity index (χ0) is 17.8. The van der Waals surface area contributed by atoms with Gasteiger partial charge in [-0.2, -0.15) is 0 Å². The molecule has 0 aliphatic rings. The number of carbonyl (C=O) groups is 1. The number of rotatable bonds is 5. The molecule has 6 heteroatoms. The van der Waals surface area contributed by atoms with Crippen molar-refractivity contribution in [2.45, 2.75) is 13.5 Å². The summed E-state index contributed by atoms with van der Waals surface area (Å²) >= 11 is 0. The number of aliphatic hydroxyl groups is 1. The van der Waals surface area contributed by atoms with Crippen LogP contribution >= 0.6 is 0 Å². The summed E-state index contributed by atoms with van der Waals surface area (Å²) in [7, 11) is 0. The maximum atomic E-state index is 11.9. The van der Waals surface area contributed by atoms with Crippen molar-refractivity contribution in [2.24, 2.45) is 0 Å². The minimum absolute atomic E-state index is 0.163. The van der Waals surface area contributed by atoms with E-state index in [1.165, 1.54) is 0 Å². The lowest BCUT2D eigenvalue weighted by Crippen LogP contribution is -2.09. The molecule has 0 bridgehead atoms. The van der Waals surface area contributed by atoms with Gasteiger partial charge in [-0.3, -0.25) is 0 Å². The largest absolute Gasteiger partial charge is 0.505 e. The first kappa shape index (κ1) is 16.7. The number of aromatic hydroxyl groups is 1. The van der Waals surface area contributed by atoms with E-state index >= 15 is 0 Å². The number of ether oxygens (including phenoxy) is 2. The Balaban J connectivity index is 2.07. The van der Waals surface area contributed by atoms with Crippen LogP contribution in [0.15, 0.2) is 48.5 Å². The van der Waals surface area contributed by atoms with Crippen LogP contribution in [0.5, 0.6) is 17.2 Å². The van der Waals surface area contributed by atoms with Gasteiger partial charge >= 0.3 is 5.97 Å². The van der Waals surface area contributed by atoms with Crippen molar-refractivity contribution in [3.63, 3.8) is 0 Å². The normalized spacial score (nSPS) is 10.6. The van der Waals surface area contributed by atoms with E-state index in [0.29, 0.717) is 22.3 Å². The van der Waals surface area contributed by atoms with Crippen LogP contribution in [-0.4, -0.2) is 27.8 Å². The first-order valence-corrected chi connectivity index (χ1v) is 7.80. The molecule has 0 fully saturated rings. The Hall–Kier alpha value is -3.12. The molecule has 0 saturated carbocycles. The fraction of sp³-hybridized carbons (Fsp3) is 0.158. The molecule has 0 saturated heterocycles. The molecule has 0 spiro atoms. The van der Waals surface area contributed by atoms with Crippen molar-refractivity contribution in [3.05, 3.63) is 59.9 Å². The lowest BCUT2D eigenvalue weighted by Gasteiger charge is -2.12. The van der Waals surface area contributed by atoms with Crippen LogP contribution in [0.4, 0.5) is 0 Å². The number of esters is 1. The van der Waals surface area contributed by atoms with Crippen molar-refractivity contribution in [3.8, 4) is 17.2 Å². The molecule has 0 aliphatic carbocycles. The Labute approximate surface area is 144 Å². The van der Waals surface area contributed by atoms with E-state index in [9.17, 15) is 15.0 Å². The van der Waals surface area contributed by atoms with Crippen molar-refractivity contribution < 1.29 is 24.5 Å². The molecule has 6 nitrogen and oxygen atoms in total. The van der Waals surface area contributed by atoms with Gasteiger partial charge in [-0.05, 0) is 37.3 Å². The van der Waals surface area contributed by atoms with Crippen LogP contribution in [0.25, 0.3) is 10.8 Å². The zero-order valence-electron chi connectivity index (χ0n) is 13.6. The summed E-state index contributed by atoms with van der Waals surface area (Å²) in [5, 5.41) is 20.9. The summed E-state index contributed by atoms with van der Waals surface area (Å²) in [6.45, 7) is 1.43. The van der Waals surface area contributed by atoms with Gasteiger partial charge in [0.15, 0.2) is 11.4 Å². The fourth-order valence-corrected chi connectivity index (χ4v) is 2.49. The first-order chi connectivity index (χ1) is 12.1. The Morgan fingerprint density at radius 3 is 2.52 bits per heavy atom. The van der Waals surface area contributed by atoms with E-state index in [2.05, 4.69) is 4.98 Å². The highest BCUT2D eigenvalue weighted by Crippen LogP contribution is 2.34. The smallest absolute Gasteiger partial charge is 0.360 e. The second kappa shape index (κ2) is 7.19. The number of nitrogens with zero attached hydrogens (tertiary/aromatic N) is 1. The van der Waals surface area contributed by atoms with Gasteiger partial charge in [-0.25, -0.2) is 9.78 Å². The number of aliphatic hydroxyl groups excluding tert-OH is 1. The molecular formula is C19H17NO5. The number of hydrogen-bond acceptors (Lipinski definition) is 6. The number of para-hydroxylation sites is 1. The third kappa shape index (κ3) is 3.39. The highest BCUT2D eigenvalue weighted by atomic mass is 16.5. The van der Waals surface area contributed by atoms with E-state index in [1.54, 1.807) is 25.1 Å². The van der Waals surface area contributed by atoms with E-state index in [1.807, 2.05) is 30.3 Å². The fourth-order valence-electron chi connectivity index (χ4n) is 2.49. The van der Waals surface area contributed by atoms with Gasteiger partial charge < -0.3 is 19.7 Å². The second-order valence-electron chi connectivity index (χ2n) is 5.26. The summed E-state index contributed by atoms with van der Waals surface area (Å²) in [4.78, 5) is 16.0. The molecule has 0 amide bonds. The van der Waals surface area contributed by atoms with Crippen LogP contribution in [0.3, 0.4) is 0 Å². The molecule has 3 aromatic rings. The zero-order valence-corrected chi connectivity index (χ0v) is 13.6. The average Bonchev–Trinajstić information content (AvgIpc) is 2.63. The first-order valence-electron chi connectivity index (χ1n) is 7.80. The topological polar surface area (TPSA) is 88.9 Å². The Kier molecular flexibility index (Phi) is 4.81. The summed E-state index contributed by atoms with van der Waals surface area (Å²) in [5.41, 5.74) is 0.0458. The monoisotopic (exact) mass is 339 g/mol. The standard InChI is InChI=1S/C19H17NO5/c1-2-24-19(23)17-18(22)14-9-8-13(10-15(14)16(11-21)20-17)25-12-6-4-3-5-7-12/h3-10,21-22H,2,11H2,1H3. The quantitative estimate of drug-likeness (QED) is 0.693. The van der Waals surface area contributed by atoms with Gasteiger partial charge in [0.25, 0.3) is 0 Å². The van der Waals surface area contributed by atoms with Crippen LogP contribution in [0, 0.1) is 0 Å². The van der Waals surface area contributed by atoms with E-state index in [-0.39, 0.29) is 23.7 Å². The van der Waals surface area contributed by atoms with Gasteiger partial charge in [0.2, 0.25) is 0 Å². The number of fused-ring (bicyclic) bond motifs is 1. The van der Waals surface area contributed by atoms with Crippen LogP contribution in [-0.2, 0) is 11.3 Å². The Morgan fingerprint density at radius 1 is 1.08 bits per heavy atom. The average molecular weight is 339 g/mol. The molecular weight excluding hydrogens is 322 g/mol. The summed E-state index contributed by atoms with van der Waals surface area (Å²) in [5.74, 6) is 0.171. The minimum Gasteiger partial charge on any atom is -0.505 e. The molecule has 1 aromatic heterocycles. The Bertz CT molecular complexity index is 909. The van der Waals surface area contributed by atoms with Gasteiger partial charge in [0.05, 0.1) is 18.9 Å². The maximum Gasteiger partial charge on any atom is 0.360 e. The number of carbonyl (C=O) groups excluding carboxylic acids is 1. The number of aromatic nitrogens is 1. The summed E-state index contributed by atoms with van der Waals surface area (Å²) in [6, 6.07) is 14.2. The molecule has 2 aromatic carbocycles. The van der Waals surface area contributed by atoms with E-state index < -0.39 is 12.6 Å². The van der Waals surface area contributed by atoms with Crippen LogP contribution < -0.4 is 4.74 Å². The van der Waals surface area contributed by atoms with Crippen molar-refractivity contribution in [1.82, 2.24) is 4.98 Å².